The van der Waals surface area contributed by atoms with Crippen molar-refractivity contribution in [3.05, 3.63) is 86.2 Å². The largest absolute Gasteiger partial charge is 0.367 e. The number of hydrogen-bond donors (Lipinski definition) is 0. The Morgan fingerprint density at radius 3 is 2.63 bits per heavy atom. The minimum absolute atomic E-state index is 0.0484. The minimum atomic E-state index is -0.0793. The van der Waals surface area contributed by atoms with E-state index >= 15 is 0 Å². The topological polar surface area (TPSA) is 76.3 Å². The fraction of sp³-hybridized carbons (Fsp3) is 0.280. The SMILES string of the molecule is CN1CCN(c2cc(-n3ccccc3=O)ccc2-n2cc(CCC(=O)c3ccc(Cl)s3)nn2)CC1. The molecule has 0 spiro atoms. The molecule has 1 saturated heterocycles. The van der Waals surface area contributed by atoms with E-state index in [1.54, 1.807) is 39.7 Å². The second-order valence-corrected chi connectivity index (χ2v) is 10.3. The normalized spacial score (nSPS) is 14.4. The number of carbonyl (C=O) groups excluding carboxylic acids is 1. The summed E-state index contributed by atoms with van der Waals surface area (Å²) in [7, 11) is 2.12. The third-order valence-electron chi connectivity index (χ3n) is 6.15. The van der Waals surface area contributed by atoms with Gasteiger partial charge in [0.05, 0.1) is 38.2 Å². The average Bonchev–Trinajstić information content (AvgIpc) is 3.52. The number of Topliss-reactive ketones (excluding diaryl/α,β-unsaturated/α-hetero) is 1. The smallest absolute Gasteiger partial charge is 0.255 e. The number of piperazine rings is 1. The Morgan fingerprint density at radius 2 is 1.89 bits per heavy atom. The summed E-state index contributed by atoms with van der Waals surface area (Å²) in [5, 5.41) is 8.68. The van der Waals surface area contributed by atoms with Crippen LogP contribution in [0.3, 0.4) is 0 Å². The van der Waals surface area contributed by atoms with Crippen LogP contribution < -0.4 is 10.5 Å². The Balaban J connectivity index is 1.42. The maximum atomic E-state index is 12.5. The zero-order valence-corrected chi connectivity index (χ0v) is 20.9. The van der Waals surface area contributed by atoms with E-state index < -0.39 is 0 Å². The van der Waals surface area contributed by atoms with Gasteiger partial charge in [-0.1, -0.05) is 22.9 Å². The number of ketones is 1. The molecule has 0 aliphatic carbocycles. The van der Waals surface area contributed by atoms with Crippen molar-refractivity contribution in [1.29, 1.82) is 0 Å². The number of benzene rings is 1. The Bertz CT molecular complexity index is 1400. The molecule has 0 radical (unpaired) electrons. The Labute approximate surface area is 212 Å². The molecule has 0 bridgehead atoms. The number of nitrogens with zero attached hydrogens (tertiary/aromatic N) is 6. The molecule has 5 rings (SSSR count). The minimum Gasteiger partial charge on any atom is -0.367 e. The molecule has 180 valence electrons. The highest BCUT2D eigenvalue weighted by Gasteiger charge is 2.20. The number of aromatic nitrogens is 4. The van der Waals surface area contributed by atoms with Crippen LogP contribution in [0, 0.1) is 0 Å². The standard InChI is InChI=1S/C25H25ClN6O2S/c1-29-12-14-30(15-13-29)21-16-19(31-11-3-2-4-25(31)34)6-7-20(21)32-17-18(27-28-32)5-8-22(33)23-9-10-24(26)35-23/h2-4,6-7,9-11,16-17H,5,8,12-15H2,1H3. The molecular formula is C25H25ClN6O2S. The molecule has 0 saturated carbocycles. The molecule has 0 N–H and O–H groups in total. The Kier molecular flexibility index (Phi) is 6.81. The van der Waals surface area contributed by atoms with E-state index in [0.29, 0.717) is 22.1 Å². The summed E-state index contributed by atoms with van der Waals surface area (Å²) in [6.45, 7) is 3.64. The lowest BCUT2D eigenvalue weighted by Gasteiger charge is -2.35. The zero-order chi connectivity index (χ0) is 24.4. The molecule has 35 heavy (non-hydrogen) atoms. The van der Waals surface area contributed by atoms with Crippen molar-refractivity contribution in [1.82, 2.24) is 24.5 Å². The van der Waals surface area contributed by atoms with Crippen LogP contribution in [0.2, 0.25) is 4.34 Å². The molecule has 0 unspecified atom stereocenters. The van der Waals surface area contributed by atoms with Gasteiger partial charge < -0.3 is 9.80 Å². The molecule has 1 aromatic carbocycles. The summed E-state index contributed by atoms with van der Waals surface area (Å²) >= 11 is 7.25. The van der Waals surface area contributed by atoms with Crippen LogP contribution in [0.4, 0.5) is 5.69 Å². The van der Waals surface area contributed by atoms with E-state index in [1.807, 2.05) is 30.5 Å². The zero-order valence-electron chi connectivity index (χ0n) is 19.3. The van der Waals surface area contributed by atoms with Crippen molar-refractivity contribution < 1.29 is 4.79 Å². The molecule has 0 atom stereocenters. The number of pyridine rings is 1. The Hall–Kier alpha value is -3.27. The van der Waals surface area contributed by atoms with Crippen molar-refractivity contribution in [2.75, 3.05) is 38.1 Å². The highest BCUT2D eigenvalue weighted by Crippen LogP contribution is 2.28. The fourth-order valence-corrected chi connectivity index (χ4v) is 5.17. The lowest BCUT2D eigenvalue weighted by atomic mass is 10.1. The van der Waals surface area contributed by atoms with Crippen LogP contribution in [-0.2, 0) is 6.42 Å². The number of thiophene rings is 1. The van der Waals surface area contributed by atoms with Crippen LogP contribution >= 0.6 is 22.9 Å². The van der Waals surface area contributed by atoms with Gasteiger partial charge in [-0.2, -0.15) is 0 Å². The van der Waals surface area contributed by atoms with Gasteiger partial charge in [-0.25, -0.2) is 4.68 Å². The third kappa shape index (κ3) is 5.22. The third-order valence-corrected chi connectivity index (χ3v) is 7.42. The van der Waals surface area contributed by atoms with Gasteiger partial charge in [-0.15, -0.1) is 16.4 Å². The molecule has 10 heteroatoms. The second kappa shape index (κ2) is 10.2. The summed E-state index contributed by atoms with van der Waals surface area (Å²) in [6, 6.07) is 14.6. The molecular weight excluding hydrogens is 484 g/mol. The number of likely N-dealkylation sites (N-methyl/N-ethyl adjacent to an activating group) is 1. The van der Waals surface area contributed by atoms with Crippen LogP contribution in [0.25, 0.3) is 11.4 Å². The Morgan fingerprint density at radius 1 is 1.06 bits per heavy atom. The van der Waals surface area contributed by atoms with Crippen molar-refractivity contribution >= 4 is 34.4 Å². The van der Waals surface area contributed by atoms with Gasteiger partial charge in [0.25, 0.3) is 5.56 Å². The number of carbonyl (C=O) groups is 1. The van der Waals surface area contributed by atoms with Crippen molar-refractivity contribution in [3.8, 4) is 11.4 Å². The van der Waals surface area contributed by atoms with E-state index in [0.717, 1.165) is 48.9 Å². The molecule has 1 aliphatic heterocycles. The van der Waals surface area contributed by atoms with Gasteiger partial charge >= 0.3 is 0 Å². The summed E-state index contributed by atoms with van der Waals surface area (Å²) < 4.78 is 4.00. The van der Waals surface area contributed by atoms with E-state index in [2.05, 4.69) is 27.2 Å². The summed E-state index contributed by atoms with van der Waals surface area (Å²) in [6.07, 6.45) is 4.49. The van der Waals surface area contributed by atoms with Gasteiger partial charge in [0.2, 0.25) is 0 Å². The fourth-order valence-electron chi connectivity index (χ4n) is 4.16. The predicted molar refractivity (Wildman–Crippen MR) is 139 cm³/mol. The molecule has 8 nitrogen and oxygen atoms in total. The van der Waals surface area contributed by atoms with Gasteiger partial charge in [0.1, 0.15) is 0 Å². The number of rotatable bonds is 7. The lowest BCUT2D eigenvalue weighted by Crippen LogP contribution is -2.44. The highest BCUT2D eigenvalue weighted by molar-refractivity contribution is 7.18. The summed E-state index contributed by atoms with van der Waals surface area (Å²) in [5.41, 5.74) is 3.34. The average molecular weight is 509 g/mol. The first-order chi connectivity index (χ1) is 17.0. The highest BCUT2D eigenvalue weighted by atomic mass is 35.5. The molecule has 1 aliphatic rings. The molecule has 0 amide bonds. The molecule has 4 heterocycles. The van der Waals surface area contributed by atoms with Crippen molar-refractivity contribution in [2.45, 2.75) is 12.8 Å². The maximum absolute atomic E-state index is 12.5. The number of hydrogen-bond acceptors (Lipinski definition) is 7. The van der Waals surface area contributed by atoms with Crippen LogP contribution in [0.1, 0.15) is 21.8 Å². The van der Waals surface area contributed by atoms with Crippen LogP contribution in [0.5, 0.6) is 0 Å². The van der Waals surface area contributed by atoms with Gasteiger partial charge in [0.15, 0.2) is 5.78 Å². The lowest BCUT2D eigenvalue weighted by molar-refractivity contribution is 0.0986. The van der Waals surface area contributed by atoms with Crippen LogP contribution in [0.15, 0.2) is 65.7 Å². The molecule has 4 aromatic rings. The number of aryl methyl sites for hydroxylation is 1. The number of halogens is 1. The van der Waals surface area contributed by atoms with Crippen LogP contribution in [-0.4, -0.2) is 63.5 Å². The summed E-state index contributed by atoms with van der Waals surface area (Å²) in [5.74, 6) is 0.0484. The van der Waals surface area contributed by atoms with E-state index in [1.165, 1.54) is 11.3 Å². The maximum Gasteiger partial charge on any atom is 0.255 e. The molecule has 3 aromatic heterocycles. The second-order valence-electron chi connectivity index (χ2n) is 8.55. The van der Waals surface area contributed by atoms with Gasteiger partial charge in [-0.3, -0.25) is 14.2 Å². The van der Waals surface area contributed by atoms with Crippen molar-refractivity contribution in [3.63, 3.8) is 0 Å². The van der Waals surface area contributed by atoms with E-state index in [9.17, 15) is 9.59 Å². The van der Waals surface area contributed by atoms with E-state index in [-0.39, 0.29) is 11.3 Å². The quantitative estimate of drug-likeness (QED) is 0.354. The first-order valence-electron chi connectivity index (χ1n) is 11.4. The first kappa shape index (κ1) is 23.5. The first-order valence-corrected chi connectivity index (χ1v) is 12.6. The number of anilines is 1. The van der Waals surface area contributed by atoms with E-state index in [4.69, 9.17) is 11.6 Å². The summed E-state index contributed by atoms with van der Waals surface area (Å²) in [4.78, 5) is 30.1. The van der Waals surface area contributed by atoms with Crippen molar-refractivity contribution in [2.24, 2.45) is 0 Å². The molecule has 1 fully saturated rings. The monoisotopic (exact) mass is 508 g/mol. The predicted octanol–water partition coefficient (Wildman–Crippen LogP) is 3.70. The van der Waals surface area contributed by atoms with Gasteiger partial charge in [-0.05, 0) is 43.4 Å². The van der Waals surface area contributed by atoms with Gasteiger partial charge in [0, 0.05) is 51.3 Å².